The Morgan fingerprint density at radius 1 is 0.950 bits per heavy atom. The number of thioether (sulfide) groups is 1. The molecule has 2 heterocycles. The predicted octanol–water partition coefficient (Wildman–Crippen LogP) is 4.80. The molecular formula is C30H28FN3O5S. The van der Waals surface area contributed by atoms with E-state index in [1.807, 2.05) is 30.3 Å². The van der Waals surface area contributed by atoms with Gasteiger partial charge in [-0.15, -0.1) is 0 Å². The molecule has 40 heavy (non-hydrogen) atoms. The summed E-state index contributed by atoms with van der Waals surface area (Å²) in [5, 5.41) is -0.482. The Bertz CT molecular complexity index is 1440. The van der Waals surface area contributed by atoms with E-state index in [0.717, 1.165) is 22.3 Å². The number of hydrogen-bond donors (Lipinski definition) is 0. The van der Waals surface area contributed by atoms with Crippen LogP contribution in [0.2, 0.25) is 0 Å². The number of ether oxygens (including phenoxy) is 2. The molecule has 2 fully saturated rings. The van der Waals surface area contributed by atoms with Gasteiger partial charge in [0, 0.05) is 37.4 Å². The summed E-state index contributed by atoms with van der Waals surface area (Å²) < 4.78 is 25.1. The molecular weight excluding hydrogens is 533 g/mol. The monoisotopic (exact) mass is 561 g/mol. The number of anilines is 1. The lowest BCUT2D eigenvalue weighted by molar-refractivity contribution is -0.136. The van der Waals surface area contributed by atoms with E-state index in [-0.39, 0.29) is 29.8 Å². The van der Waals surface area contributed by atoms with E-state index in [0.29, 0.717) is 48.8 Å². The largest absolute Gasteiger partial charge is 0.493 e. The Hall–Kier alpha value is -4.31. The highest BCUT2D eigenvalue weighted by molar-refractivity contribution is 8.18. The van der Waals surface area contributed by atoms with Crippen molar-refractivity contribution in [1.82, 2.24) is 9.80 Å². The summed E-state index contributed by atoms with van der Waals surface area (Å²) in [6.07, 6.45) is 1.58. The number of carbonyl (C=O) groups is 3. The number of halogens is 1. The van der Waals surface area contributed by atoms with Crippen LogP contribution in [0.5, 0.6) is 11.5 Å². The quantitative estimate of drug-likeness (QED) is 0.366. The molecule has 2 saturated heterocycles. The number of hydrogen-bond acceptors (Lipinski definition) is 7. The first-order valence-electron chi connectivity index (χ1n) is 12.8. The van der Waals surface area contributed by atoms with Crippen LogP contribution in [0.25, 0.3) is 6.08 Å². The summed E-state index contributed by atoms with van der Waals surface area (Å²) in [5.74, 6) is -0.316. The molecule has 8 nitrogen and oxygen atoms in total. The molecule has 2 aliphatic heterocycles. The Balaban J connectivity index is 1.20. The molecule has 0 spiro atoms. The Labute approximate surface area is 236 Å². The zero-order chi connectivity index (χ0) is 28.1. The number of para-hydroxylation sites is 1. The Morgan fingerprint density at radius 2 is 1.68 bits per heavy atom. The maximum Gasteiger partial charge on any atom is 0.294 e. The molecule has 3 aromatic carbocycles. The van der Waals surface area contributed by atoms with Crippen LogP contribution in [0, 0.1) is 5.82 Å². The lowest BCUT2D eigenvalue weighted by Crippen LogP contribution is -2.51. The van der Waals surface area contributed by atoms with E-state index < -0.39 is 11.1 Å². The molecule has 0 radical (unpaired) electrons. The second-order valence-electron chi connectivity index (χ2n) is 9.26. The van der Waals surface area contributed by atoms with Crippen LogP contribution in [0.15, 0.2) is 77.7 Å². The van der Waals surface area contributed by atoms with Crippen LogP contribution in [0.4, 0.5) is 14.9 Å². The van der Waals surface area contributed by atoms with Crippen molar-refractivity contribution in [3.63, 3.8) is 0 Å². The van der Waals surface area contributed by atoms with Gasteiger partial charge in [-0.3, -0.25) is 19.3 Å². The second-order valence-corrected chi connectivity index (χ2v) is 10.3. The van der Waals surface area contributed by atoms with E-state index in [1.165, 1.54) is 13.2 Å². The normalized spacial score (nSPS) is 16.6. The fraction of sp³-hybridized carbons (Fsp3) is 0.233. The molecule has 0 bridgehead atoms. The summed E-state index contributed by atoms with van der Waals surface area (Å²) in [6, 6.07) is 21.4. The van der Waals surface area contributed by atoms with Gasteiger partial charge in [0.25, 0.3) is 11.1 Å². The summed E-state index contributed by atoms with van der Waals surface area (Å²) in [4.78, 5) is 43.7. The van der Waals surface area contributed by atoms with Gasteiger partial charge in [0.05, 0.1) is 12.0 Å². The highest BCUT2D eigenvalue weighted by Gasteiger charge is 2.37. The summed E-state index contributed by atoms with van der Waals surface area (Å²) in [7, 11) is 1.48. The number of rotatable bonds is 8. The van der Waals surface area contributed by atoms with E-state index in [1.54, 1.807) is 47.4 Å². The van der Waals surface area contributed by atoms with Crippen LogP contribution in [-0.2, 0) is 16.2 Å². The Morgan fingerprint density at radius 3 is 2.40 bits per heavy atom. The van der Waals surface area contributed by atoms with Gasteiger partial charge in [-0.05, 0) is 53.7 Å². The first-order chi connectivity index (χ1) is 19.4. The predicted molar refractivity (Wildman–Crippen MR) is 152 cm³/mol. The zero-order valence-electron chi connectivity index (χ0n) is 21.9. The van der Waals surface area contributed by atoms with Gasteiger partial charge in [0.15, 0.2) is 11.5 Å². The number of nitrogens with zero attached hydrogens (tertiary/aromatic N) is 3. The smallest absolute Gasteiger partial charge is 0.294 e. The molecule has 0 N–H and O–H groups in total. The van der Waals surface area contributed by atoms with Crippen molar-refractivity contribution in [3.05, 3.63) is 94.6 Å². The van der Waals surface area contributed by atoms with Crippen LogP contribution in [0.3, 0.4) is 0 Å². The molecule has 0 aliphatic carbocycles. The summed E-state index contributed by atoms with van der Waals surface area (Å²) in [6.45, 7) is 2.13. The molecule has 3 amide bonds. The fourth-order valence-corrected chi connectivity index (χ4v) is 5.38. The second kappa shape index (κ2) is 12.3. The number of piperazine rings is 1. The molecule has 3 aromatic rings. The lowest BCUT2D eigenvalue weighted by atomic mass is 10.1. The number of amides is 3. The minimum absolute atomic E-state index is 0.0244. The number of benzene rings is 3. The average Bonchev–Trinajstić information content (AvgIpc) is 3.24. The number of carbonyl (C=O) groups excluding carboxylic acids is 3. The van der Waals surface area contributed by atoms with Crippen molar-refractivity contribution in [2.24, 2.45) is 0 Å². The highest BCUT2D eigenvalue weighted by Crippen LogP contribution is 2.35. The van der Waals surface area contributed by atoms with E-state index >= 15 is 0 Å². The van der Waals surface area contributed by atoms with Gasteiger partial charge in [-0.25, -0.2) is 4.39 Å². The molecule has 2 aliphatic rings. The van der Waals surface area contributed by atoms with Crippen molar-refractivity contribution in [3.8, 4) is 11.5 Å². The first-order valence-corrected chi connectivity index (χ1v) is 13.6. The van der Waals surface area contributed by atoms with Crippen LogP contribution < -0.4 is 14.4 Å². The average molecular weight is 562 g/mol. The zero-order valence-corrected chi connectivity index (χ0v) is 22.7. The number of methoxy groups -OCH3 is 1. The molecule has 0 unspecified atom stereocenters. The van der Waals surface area contributed by atoms with Gasteiger partial charge >= 0.3 is 0 Å². The molecule has 10 heteroatoms. The SMILES string of the molecule is COc1cc(/C=C2/SC(=O)N(CC(=O)N3CCN(c4ccccc4)CC3)C2=O)ccc1OCc1ccccc1F. The highest BCUT2D eigenvalue weighted by atomic mass is 32.2. The van der Waals surface area contributed by atoms with Crippen LogP contribution >= 0.6 is 11.8 Å². The van der Waals surface area contributed by atoms with Gasteiger partial charge in [-0.2, -0.15) is 0 Å². The van der Waals surface area contributed by atoms with E-state index in [4.69, 9.17) is 9.47 Å². The third-order valence-corrected chi connectivity index (χ3v) is 7.65. The molecule has 5 rings (SSSR count). The summed E-state index contributed by atoms with van der Waals surface area (Å²) in [5.41, 5.74) is 2.13. The molecule has 0 aromatic heterocycles. The molecule has 0 atom stereocenters. The fourth-order valence-electron chi connectivity index (χ4n) is 4.54. The lowest BCUT2D eigenvalue weighted by Gasteiger charge is -2.36. The third kappa shape index (κ3) is 6.12. The van der Waals surface area contributed by atoms with Gasteiger partial charge in [0.1, 0.15) is 19.0 Å². The summed E-state index contributed by atoms with van der Waals surface area (Å²) >= 11 is 0.796. The van der Waals surface area contributed by atoms with Crippen molar-refractivity contribution < 1.29 is 28.2 Å². The van der Waals surface area contributed by atoms with E-state index in [9.17, 15) is 18.8 Å². The molecule has 206 valence electrons. The number of imide groups is 1. The minimum atomic E-state index is -0.509. The van der Waals surface area contributed by atoms with Gasteiger partial charge in [-0.1, -0.05) is 42.5 Å². The topological polar surface area (TPSA) is 79.4 Å². The maximum absolute atomic E-state index is 13.9. The van der Waals surface area contributed by atoms with Gasteiger partial charge < -0.3 is 19.3 Å². The van der Waals surface area contributed by atoms with Crippen molar-refractivity contribution in [1.29, 1.82) is 0 Å². The minimum Gasteiger partial charge on any atom is -0.493 e. The molecule has 0 saturated carbocycles. The van der Waals surface area contributed by atoms with Crippen molar-refractivity contribution in [2.45, 2.75) is 6.61 Å². The van der Waals surface area contributed by atoms with Crippen molar-refractivity contribution in [2.75, 3.05) is 44.7 Å². The standard InChI is InChI=1S/C30H28FN3O5S/c1-38-26-17-21(11-12-25(26)39-20-22-7-5-6-10-24(22)31)18-27-29(36)34(30(37)40-27)19-28(35)33-15-13-32(14-16-33)23-8-3-2-4-9-23/h2-12,17-18H,13-16,19-20H2,1H3/b27-18+. The van der Waals surface area contributed by atoms with E-state index in [2.05, 4.69) is 4.90 Å². The van der Waals surface area contributed by atoms with Crippen molar-refractivity contribution >= 4 is 40.6 Å². The van der Waals surface area contributed by atoms with Crippen LogP contribution in [0.1, 0.15) is 11.1 Å². The van der Waals surface area contributed by atoms with Crippen LogP contribution in [-0.4, -0.2) is 66.7 Å². The Kier molecular flexibility index (Phi) is 8.35. The maximum atomic E-state index is 13.9. The first kappa shape index (κ1) is 27.3. The third-order valence-electron chi connectivity index (χ3n) is 6.75. The van der Waals surface area contributed by atoms with Gasteiger partial charge in [0.2, 0.25) is 5.91 Å².